The molecule has 0 spiro atoms. The number of fused-ring (bicyclic) bond motifs is 1. The van der Waals surface area contributed by atoms with E-state index in [0.717, 1.165) is 17.7 Å². The SMILES string of the molecule is C[C@H](c1ccc(-n2cncn2)cc1)N(C)S(=O)(=O)c1ccc2c(c1)OCCCO2. The molecule has 1 aliphatic heterocycles. The maximum Gasteiger partial charge on any atom is 0.243 e. The second-order valence-electron chi connectivity index (χ2n) is 6.79. The molecule has 2 aromatic carbocycles. The van der Waals surface area contributed by atoms with Crippen LogP contribution in [-0.4, -0.2) is 47.7 Å². The highest BCUT2D eigenvalue weighted by Gasteiger charge is 2.28. The first kappa shape index (κ1) is 19.4. The Morgan fingerprint density at radius 2 is 1.79 bits per heavy atom. The molecule has 0 amide bonds. The van der Waals surface area contributed by atoms with Crippen LogP contribution in [-0.2, 0) is 10.0 Å². The molecule has 2 heterocycles. The number of nitrogens with zero attached hydrogens (tertiary/aromatic N) is 4. The van der Waals surface area contributed by atoms with E-state index >= 15 is 0 Å². The fourth-order valence-electron chi connectivity index (χ4n) is 3.14. The molecule has 0 N–H and O–H groups in total. The topological polar surface area (TPSA) is 86.6 Å². The third-order valence-electron chi connectivity index (χ3n) is 5.00. The van der Waals surface area contributed by atoms with Gasteiger partial charge in [0, 0.05) is 25.6 Å². The maximum atomic E-state index is 13.2. The molecule has 8 nitrogen and oxygen atoms in total. The monoisotopic (exact) mass is 414 g/mol. The Hall–Kier alpha value is -2.91. The van der Waals surface area contributed by atoms with Gasteiger partial charge in [0.15, 0.2) is 11.5 Å². The molecule has 1 aromatic heterocycles. The molecule has 0 fully saturated rings. The lowest BCUT2D eigenvalue weighted by molar-refractivity contribution is 0.296. The molecule has 0 saturated carbocycles. The third-order valence-corrected chi connectivity index (χ3v) is 6.92. The Kier molecular flexibility index (Phi) is 5.25. The van der Waals surface area contributed by atoms with Gasteiger partial charge in [0.1, 0.15) is 12.7 Å². The molecule has 0 unspecified atom stereocenters. The minimum atomic E-state index is -3.71. The summed E-state index contributed by atoms with van der Waals surface area (Å²) < 4.78 is 40.6. The molecule has 0 bridgehead atoms. The van der Waals surface area contributed by atoms with E-state index in [1.807, 2.05) is 31.2 Å². The van der Waals surface area contributed by atoms with Crippen LogP contribution in [0.3, 0.4) is 0 Å². The molecular formula is C20H22N4O4S. The minimum Gasteiger partial charge on any atom is -0.490 e. The number of rotatable bonds is 5. The van der Waals surface area contributed by atoms with Crippen LogP contribution in [0.4, 0.5) is 0 Å². The first-order valence-corrected chi connectivity index (χ1v) is 10.7. The molecule has 0 aliphatic carbocycles. The largest absolute Gasteiger partial charge is 0.490 e. The van der Waals surface area contributed by atoms with Crippen molar-refractivity contribution in [2.24, 2.45) is 0 Å². The number of ether oxygens (including phenoxy) is 2. The van der Waals surface area contributed by atoms with Gasteiger partial charge in [-0.05, 0) is 36.8 Å². The summed E-state index contributed by atoms with van der Waals surface area (Å²) in [5, 5.41) is 4.09. The van der Waals surface area contributed by atoms with E-state index in [-0.39, 0.29) is 10.9 Å². The van der Waals surface area contributed by atoms with Gasteiger partial charge in [-0.25, -0.2) is 18.1 Å². The third kappa shape index (κ3) is 3.83. The van der Waals surface area contributed by atoms with Gasteiger partial charge in [-0.1, -0.05) is 12.1 Å². The molecule has 0 radical (unpaired) electrons. The van der Waals surface area contributed by atoms with E-state index in [2.05, 4.69) is 10.1 Å². The molecule has 1 atom stereocenters. The minimum absolute atomic E-state index is 0.176. The summed E-state index contributed by atoms with van der Waals surface area (Å²) in [6.45, 7) is 2.91. The molecule has 1 aliphatic rings. The van der Waals surface area contributed by atoms with Gasteiger partial charge in [0.25, 0.3) is 0 Å². The zero-order chi connectivity index (χ0) is 20.4. The first-order valence-electron chi connectivity index (χ1n) is 9.29. The fraction of sp³-hybridized carbons (Fsp3) is 0.300. The van der Waals surface area contributed by atoms with Gasteiger partial charge < -0.3 is 9.47 Å². The van der Waals surface area contributed by atoms with Crippen molar-refractivity contribution in [2.75, 3.05) is 20.3 Å². The first-order chi connectivity index (χ1) is 14.0. The highest BCUT2D eigenvalue weighted by molar-refractivity contribution is 7.89. The summed E-state index contributed by atoms with van der Waals surface area (Å²) in [7, 11) is -2.14. The second-order valence-corrected chi connectivity index (χ2v) is 8.79. The average Bonchev–Trinajstić information content (AvgIpc) is 3.18. The van der Waals surface area contributed by atoms with Crippen LogP contribution >= 0.6 is 0 Å². The average molecular weight is 414 g/mol. The maximum absolute atomic E-state index is 13.2. The van der Waals surface area contributed by atoms with Crippen molar-refractivity contribution in [1.82, 2.24) is 19.1 Å². The standard InChI is InChI=1S/C20H22N4O4S/c1-15(16-4-6-17(7-5-16)24-14-21-13-22-24)23(2)29(25,26)18-8-9-19-20(12-18)28-11-3-10-27-19/h4-9,12-15H,3,10-11H2,1-2H3/t15-/m1/s1. The van der Waals surface area contributed by atoms with E-state index in [4.69, 9.17) is 9.47 Å². The Morgan fingerprint density at radius 3 is 2.48 bits per heavy atom. The fourth-order valence-corrected chi connectivity index (χ4v) is 4.50. The zero-order valence-electron chi connectivity index (χ0n) is 16.2. The van der Waals surface area contributed by atoms with Crippen LogP contribution in [0, 0.1) is 0 Å². The van der Waals surface area contributed by atoms with E-state index in [9.17, 15) is 8.42 Å². The van der Waals surface area contributed by atoms with Crippen LogP contribution in [0.25, 0.3) is 5.69 Å². The van der Waals surface area contributed by atoms with E-state index < -0.39 is 10.0 Å². The highest BCUT2D eigenvalue weighted by atomic mass is 32.2. The Bertz CT molecular complexity index is 1080. The van der Waals surface area contributed by atoms with Gasteiger partial charge in [-0.2, -0.15) is 9.40 Å². The molecule has 0 saturated heterocycles. The number of benzene rings is 2. The molecule has 29 heavy (non-hydrogen) atoms. The Morgan fingerprint density at radius 1 is 1.07 bits per heavy atom. The summed E-state index contributed by atoms with van der Waals surface area (Å²) in [6, 6.07) is 11.9. The summed E-state index contributed by atoms with van der Waals surface area (Å²) in [5.74, 6) is 1.03. The van der Waals surface area contributed by atoms with Crippen molar-refractivity contribution in [2.45, 2.75) is 24.3 Å². The van der Waals surface area contributed by atoms with Crippen molar-refractivity contribution >= 4 is 10.0 Å². The molecular weight excluding hydrogens is 392 g/mol. The van der Waals surface area contributed by atoms with E-state index in [0.29, 0.717) is 24.7 Å². The van der Waals surface area contributed by atoms with Crippen LogP contribution < -0.4 is 9.47 Å². The van der Waals surface area contributed by atoms with Gasteiger partial charge in [0.2, 0.25) is 10.0 Å². The predicted octanol–water partition coefficient (Wildman–Crippen LogP) is 2.81. The predicted molar refractivity (Wildman–Crippen MR) is 107 cm³/mol. The lowest BCUT2D eigenvalue weighted by Gasteiger charge is -2.25. The van der Waals surface area contributed by atoms with Crippen molar-refractivity contribution < 1.29 is 17.9 Å². The highest BCUT2D eigenvalue weighted by Crippen LogP contribution is 2.34. The molecule has 152 valence electrons. The van der Waals surface area contributed by atoms with Gasteiger partial charge in [-0.3, -0.25) is 0 Å². The second kappa shape index (κ2) is 7.84. The lowest BCUT2D eigenvalue weighted by Crippen LogP contribution is -2.29. The van der Waals surface area contributed by atoms with Crippen molar-refractivity contribution in [3.63, 3.8) is 0 Å². The molecule has 9 heteroatoms. The van der Waals surface area contributed by atoms with Crippen LogP contribution in [0.5, 0.6) is 11.5 Å². The van der Waals surface area contributed by atoms with Gasteiger partial charge in [-0.15, -0.1) is 0 Å². The summed E-state index contributed by atoms with van der Waals surface area (Å²) >= 11 is 0. The number of sulfonamides is 1. The summed E-state index contributed by atoms with van der Waals surface area (Å²) in [6.07, 6.45) is 3.84. The van der Waals surface area contributed by atoms with Crippen LogP contribution in [0.2, 0.25) is 0 Å². The smallest absolute Gasteiger partial charge is 0.243 e. The summed E-state index contributed by atoms with van der Waals surface area (Å²) in [5.41, 5.74) is 1.72. The number of hydrogen-bond acceptors (Lipinski definition) is 6. The van der Waals surface area contributed by atoms with E-state index in [1.165, 1.54) is 16.7 Å². The number of aromatic nitrogens is 3. The lowest BCUT2D eigenvalue weighted by atomic mass is 10.1. The van der Waals surface area contributed by atoms with E-state index in [1.54, 1.807) is 30.2 Å². The quantitative estimate of drug-likeness (QED) is 0.638. The van der Waals surface area contributed by atoms with Gasteiger partial charge >= 0.3 is 0 Å². The van der Waals surface area contributed by atoms with Crippen molar-refractivity contribution in [3.05, 3.63) is 60.7 Å². The molecule has 4 rings (SSSR count). The molecule has 3 aromatic rings. The Balaban J connectivity index is 1.57. The van der Waals surface area contributed by atoms with Crippen LogP contribution in [0.1, 0.15) is 24.9 Å². The number of hydrogen-bond donors (Lipinski definition) is 0. The normalized spacial score (nSPS) is 15.1. The Labute approximate surface area is 169 Å². The summed E-state index contributed by atoms with van der Waals surface area (Å²) in [4.78, 5) is 4.11. The van der Waals surface area contributed by atoms with Crippen LogP contribution in [0.15, 0.2) is 60.0 Å². The zero-order valence-corrected chi connectivity index (χ0v) is 17.0. The van der Waals surface area contributed by atoms with Crippen molar-refractivity contribution in [3.8, 4) is 17.2 Å². The van der Waals surface area contributed by atoms with Gasteiger partial charge in [0.05, 0.1) is 23.8 Å². The van der Waals surface area contributed by atoms with Crippen molar-refractivity contribution in [1.29, 1.82) is 0 Å².